The summed E-state index contributed by atoms with van der Waals surface area (Å²) in [6.07, 6.45) is 15.0. The molecule has 1 aromatic rings. The number of benzene rings is 1. The lowest BCUT2D eigenvalue weighted by molar-refractivity contribution is -0.0821. The SMILES string of the molecule is CCCCCC1CCC(C2CCC(c3ccc(CCC4CCC(C(F)=CC(F)(F)F)CC4)c(F)c3)CC2)CC1. The third kappa shape index (κ3) is 9.32. The quantitative estimate of drug-likeness (QED) is 0.200. The summed E-state index contributed by atoms with van der Waals surface area (Å²) in [5.74, 6) is 1.72. The Kier molecular flexibility index (Phi) is 11.4. The van der Waals surface area contributed by atoms with Gasteiger partial charge in [0.05, 0.1) is 6.08 Å². The average molecular weight is 553 g/mol. The smallest absolute Gasteiger partial charge is 0.212 e. The Bertz CT molecular complexity index is 895. The number of aryl methyl sites for hydroxylation is 1. The molecule has 0 saturated heterocycles. The molecule has 0 nitrogen and oxygen atoms in total. The maximum Gasteiger partial charge on any atom is 0.412 e. The van der Waals surface area contributed by atoms with Crippen LogP contribution >= 0.6 is 0 Å². The van der Waals surface area contributed by atoms with Crippen molar-refractivity contribution < 1.29 is 22.0 Å². The van der Waals surface area contributed by atoms with E-state index in [9.17, 15) is 17.6 Å². The van der Waals surface area contributed by atoms with Crippen molar-refractivity contribution in [2.24, 2.45) is 29.6 Å². The Hall–Kier alpha value is -1.39. The summed E-state index contributed by atoms with van der Waals surface area (Å²) in [4.78, 5) is 0. The highest BCUT2D eigenvalue weighted by atomic mass is 19.4. The van der Waals surface area contributed by atoms with Gasteiger partial charge in [-0.05, 0) is 124 Å². The molecule has 0 aromatic heterocycles. The summed E-state index contributed by atoms with van der Waals surface area (Å²) in [7, 11) is 0. The molecule has 4 rings (SSSR count). The van der Waals surface area contributed by atoms with Gasteiger partial charge in [-0.25, -0.2) is 8.78 Å². The first-order valence-electron chi connectivity index (χ1n) is 15.9. The molecule has 3 aliphatic carbocycles. The highest BCUT2D eigenvalue weighted by Crippen LogP contribution is 2.45. The van der Waals surface area contributed by atoms with Gasteiger partial charge < -0.3 is 0 Å². The summed E-state index contributed by atoms with van der Waals surface area (Å²) in [6, 6.07) is 5.84. The monoisotopic (exact) mass is 552 g/mol. The highest BCUT2D eigenvalue weighted by molar-refractivity contribution is 5.27. The van der Waals surface area contributed by atoms with Gasteiger partial charge in [0.25, 0.3) is 0 Å². The molecule has 0 radical (unpaired) electrons. The molecule has 0 atom stereocenters. The molecule has 0 spiro atoms. The predicted molar refractivity (Wildman–Crippen MR) is 150 cm³/mol. The van der Waals surface area contributed by atoms with Crippen molar-refractivity contribution in [3.05, 3.63) is 47.0 Å². The molecule has 0 unspecified atom stereocenters. The first-order valence-corrected chi connectivity index (χ1v) is 15.9. The number of hydrogen-bond donors (Lipinski definition) is 0. The van der Waals surface area contributed by atoms with E-state index in [-0.39, 0.29) is 11.9 Å². The van der Waals surface area contributed by atoms with E-state index in [1.165, 1.54) is 77.0 Å². The van der Waals surface area contributed by atoms with Crippen LogP contribution in [0.15, 0.2) is 30.1 Å². The van der Waals surface area contributed by atoms with Crippen molar-refractivity contribution >= 4 is 0 Å². The second-order valence-corrected chi connectivity index (χ2v) is 13.1. The van der Waals surface area contributed by atoms with E-state index in [1.807, 2.05) is 6.07 Å². The van der Waals surface area contributed by atoms with Gasteiger partial charge >= 0.3 is 6.18 Å². The fourth-order valence-electron chi connectivity index (χ4n) is 7.94. The zero-order chi connectivity index (χ0) is 27.8. The largest absolute Gasteiger partial charge is 0.412 e. The zero-order valence-corrected chi connectivity index (χ0v) is 23.9. The number of hydrogen-bond acceptors (Lipinski definition) is 0. The number of unbranched alkanes of at least 4 members (excludes halogenated alkanes) is 2. The third-order valence-electron chi connectivity index (χ3n) is 10.5. The van der Waals surface area contributed by atoms with Crippen LogP contribution in [0.5, 0.6) is 0 Å². The molecule has 3 aliphatic rings. The Labute approximate surface area is 233 Å². The first kappa shape index (κ1) is 30.6. The molecule has 0 N–H and O–H groups in total. The molecule has 0 amide bonds. The average Bonchev–Trinajstić information content (AvgIpc) is 2.92. The minimum absolute atomic E-state index is 0.121. The maximum atomic E-state index is 15.0. The van der Waals surface area contributed by atoms with E-state index >= 15 is 4.39 Å². The van der Waals surface area contributed by atoms with Crippen LogP contribution in [0.1, 0.15) is 133 Å². The summed E-state index contributed by atoms with van der Waals surface area (Å²) in [6.45, 7) is 2.28. The van der Waals surface area contributed by atoms with E-state index < -0.39 is 17.9 Å². The standard InChI is InChI=1S/C34H49F5/c1-2-3-4-5-24-6-11-26(12-7-24)27-16-18-28(19-17-27)31-21-20-29(32(35)22-31)13-8-25-9-14-30(15-10-25)33(36)23-34(37,38)39/h20-28,30H,2-19H2,1H3. The van der Waals surface area contributed by atoms with Crippen LogP contribution in [0.2, 0.25) is 0 Å². The summed E-state index contributed by atoms with van der Waals surface area (Å²) in [5, 5.41) is 0. The minimum Gasteiger partial charge on any atom is -0.212 e. The van der Waals surface area contributed by atoms with E-state index in [4.69, 9.17) is 0 Å². The first-order chi connectivity index (χ1) is 18.7. The molecular formula is C34H49F5. The summed E-state index contributed by atoms with van der Waals surface area (Å²) >= 11 is 0. The number of rotatable bonds is 10. The predicted octanol–water partition coefficient (Wildman–Crippen LogP) is 11.6. The molecule has 220 valence electrons. The molecule has 3 saturated carbocycles. The van der Waals surface area contributed by atoms with Crippen LogP contribution in [-0.2, 0) is 6.42 Å². The van der Waals surface area contributed by atoms with Gasteiger partial charge in [0, 0.05) is 5.92 Å². The summed E-state index contributed by atoms with van der Waals surface area (Å²) in [5.41, 5.74) is 1.87. The Balaban J connectivity index is 1.17. The second-order valence-electron chi connectivity index (χ2n) is 13.1. The van der Waals surface area contributed by atoms with Crippen molar-refractivity contribution in [3.8, 4) is 0 Å². The van der Waals surface area contributed by atoms with Gasteiger partial charge in [0.2, 0.25) is 0 Å². The van der Waals surface area contributed by atoms with E-state index in [1.54, 1.807) is 6.07 Å². The van der Waals surface area contributed by atoms with Gasteiger partial charge in [0.1, 0.15) is 11.6 Å². The minimum atomic E-state index is -4.60. The van der Waals surface area contributed by atoms with Crippen molar-refractivity contribution in [3.63, 3.8) is 0 Å². The highest BCUT2D eigenvalue weighted by Gasteiger charge is 2.32. The lowest BCUT2D eigenvalue weighted by Gasteiger charge is -2.38. The van der Waals surface area contributed by atoms with Gasteiger partial charge in [-0.2, -0.15) is 13.2 Å². The Morgan fingerprint density at radius 2 is 1.38 bits per heavy atom. The van der Waals surface area contributed by atoms with Crippen LogP contribution in [0, 0.1) is 35.4 Å². The second kappa shape index (κ2) is 14.5. The fourth-order valence-corrected chi connectivity index (χ4v) is 7.94. The van der Waals surface area contributed by atoms with Crippen LogP contribution in [-0.4, -0.2) is 6.18 Å². The molecular weight excluding hydrogens is 503 g/mol. The number of halogens is 5. The topological polar surface area (TPSA) is 0 Å². The van der Waals surface area contributed by atoms with E-state index in [0.29, 0.717) is 43.9 Å². The maximum absolute atomic E-state index is 15.0. The van der Waals surface area contributed by atoms with Crippen molar-refractivity contribution in [1.82, 2.24) is 0 Å². The van der Waals surface area contributed by atoms with Crippen molar-refractivity contribution in [1.29, 1.82) is 0 Å². The molecule has 0 aliphatic heterocycles. The van der Waals surface area contributed by atoms with Crippen LogP contribution in [0.25, 0.3) is 0 Å². The fraction of sp³-hybridized carbons (Fsp3) is 0.765. The van der Waals surface area contributed by atoms with Gasteiger partial charge in [-0.3, -0.25) is 0 Å². The molecule has 5 heteroatoms. The van der Waals surface area contributed by atoms with Crippen LogP contribution in [0.3, 0.4) is 0 Å². The molecule has 0 bridgehead atoms. The molecule has 39 heavy (non-hydrogen) atoms. The van der Waals surface area contributed by atoms with Crippen molar-refractivity contribution in [2.75, 3.05) is 0 Å². The Morgan fingerprint density at radius 1 is 0.795 bits per heavy atom. The molecule has 0 heterocycles. The Morgan fingerprint density at radius 3 is 1.97 bits per heavy atom. The van der Waals surface area contributed by atoms with Gasteiger partial charge in [0.15, 0.2) is 0 Å². The zero-order valence-electron chi connectivity index (χ0n) is 23.9. The van der Waals surface area contributed by atoms with Gasteiger partial charge in [-0.15, -0.1) is 0 Å². The number of alkyl halides is 3. The lowest BCUT2D eigenvalue weighted by Crippen LogP contribution is -2.25. The molecule has 1 aromatic carbocycles. The summed E-state index contributed by atoms with van der Waals surface area (Å²) < 4.78 is 66.2. The van der Waals surface area contributed by atoms with Crippen LogP contribution < -0.4 is 0 Å². The third-order valence-corrected chi connectivity index (χ3v) is 10.5. The van der Waals surface area contributed by atoms with Crippen molar-refractivity contribution in [2.45, 2.75) is 135 Å². The van der Waals surface area contributed by atoms with Crippen LogP contribution in [0.4, 0.5) is 22.0 Å². The van der Waals surface area contributed by atoms with E-state index in [2.05, 4.69) is 13.0 Å². The normalized spacial score (nSPS) is 30.9. The lowest BCUT2D eigenvalue weighted by atomic mass is 9.68. The van der Waals surface area contributed by atoms with Gasteiger partial charge in [-0.1, -0.05) is 57.6 Å². The molecule has 3 fully saturated rings. The number of allylic oxidation sites excluding steroid dienone is 2. The van der Waals surface area contributed by atoms with E-state index in [0.717, 1.165) is 35.3 Å².